The van der Waals surface area contributed by atoms with Gasteiger partial charge in [-0.05, 0) is 37.1 Å². The van der Waals surface area contributed by atoms with E-state index in [1.807, 2.05) is 6.07 Å². The molecule has 0 amide bonds. The monoisotopic (exact) mass is 196 g/mol. The lowest BCUT2D eigenvalue weighted by atomic mass is 10.1. The average molecular weight is 197 g/mol. The summed E-state index contributed by atoms with van der Waals surface area (Å²) >= 11 is 5.43. The Balaban J connectivity index is 2.68. The lowest BCUT2D eigenvalue weighted by Gasteiger charge is -2.03. The maximum absolute atomic E-state index is 5.43. The molecule has 1 aromatic rings. The second kappa shape index (κ2) is 4.87. The van der Waals surface area contributed by atoms with E-state index in [-0.39, 0.29) is 0 Å². The molecule has 0 fully saturated rings. The fourth-order valence-electron chi connectivity index (χ4n) is 0.966. The van der Waals surface area contributed by atoms with E-state index in [1.165, 1.54) is 11.1 Å². The first-order valence-electron chi connectivity index (χ1n) is 4.15. The zero-order valence-corrected chi connectivity index (χ0v) is 8.60. The van der Waals surface area contributed by atoms with Crippen LogP contribution in [0.5, 0.6) is 0 Å². The number of nitrogens with one attached hydrogen (secondary N) is 1. The first kappa shape index (κ1) is 10.1. The van der Waals surface area contributed by atoms with Crippen LogP contribution in [0.25, 0.3) is 0 Å². The molecule has 0 aliphatic carbocycles. The van der Waals surface area contributed by atoms with Crippen molar-refractivity contribution in [2.75, 3.05) is 11.3 Å². The first-order chi connectivity index (χ1) is 6.24. The summed E-state index contributed by atoms with van der Waals surface area (Å²) in [5.74, 6) is 0.428. The molecule has 0 aromatic heterocycles. The Morgan fingerprint density at radius 3 is 2.77 bits per heavy atom. The van der Waals surface area contributed by atoms with Gasteiger partial charge in [-0.2, -0.15) is 5.10 Å². The van der Waals surface area contributed by atoms with E-state index in [0.29, 0.717) is 5.88 Å². The molecular weight excluding hydrogens is 184 g/mol. The van der Waals surface area contributed by atoms with Crippen molar-refractivity contribution in [3.8, 4) is 0 Å². The van der Waals surface area contributed by atoms with Gasteiger partial charge in [-0.25, -0.2) is 0 Å². The molecule has 3 heteroatoms. The molecular formula is C10H13ClN2. The number of benzene rings is 1. The third-order valence-corrected chi connectivity index (χ3v) is 2.00. The highest BCUT2D eigenvalue weighted by molar-refractivity contribution is 6.24. The number of anilines is 1. The number of hydrazone groups is 1. The highest BCUT2D eigenvalue weighted by atomic mass is 35.5. The van der Waals surface area contributed by atoms with E-state index in [2.05, 4.69) is 36.5 Å². The molecule has 0 spiro atoms. The van der Waals surface area contributed by atoms with Gasteiger partial charge in [0.05, 0.1) is 11.6 Å². The molecule has 2 nitrogen and oxygen atoms in total. The normalized spacial score (nSPS) is 10.7. The minimum atomic E-state index is 0.428. The predicted molar refractivity (Wildman–Crippen MR) is 58.8 cm³/mol. The van der Waals surface area contributed by atoms with Crippen LogP contribution < -0.4 is 5.43 Å². The molecule has 0 radical (unpaired) electrons. The number of hydrogen-bond donors (Lipinski definition) is 1. The molecule has 0 saturated carbocycles. The van der Waals surface area contributed by atoms with E-state index in [0.717, 1.165) is 5.69 Å². The van der Waals surface area contributed by atoms with Crippen molar-refractivity contribution in [2.45, 2.75) is 13.8 Å². The molecule has 0 aliphatic heterocycles. The summed E-state index contributed by atoms with van der Waals surface area (Å²) in [5.41, 5.74) is 6.43. The van der Waals surface area contributed by atoms with Crippen molar-refractivity contribution in [1.29, 1.82) is 0 Å². The molecule has 13 heavy (non-hydrogen) atoms. The van der Waals surface area contributed by atoms with Gasteiger partial charge in [0.25, 0.3) is 0 Å². The van der Waals surface area contributed by atoms with E-state index >= 15 is 0 Å². The Morgan fingerprint density at radius 2 is 2.15 bits per heavy atom. The zero-order chi connectivity index (χ0) is 9.68. The van der Waals surface area contributed by atoms with Crippen molar-refractivity contribution in [3.63, 3.8) is 0 Å². The Kier molecular flexibility index (Phi) is 3.77. The minimum Gasteiger partial charge on any atom is -0.279 e. The van der Waals surface area contributed by atoms with Crippen molar-refractivity contribution in [2.24, 2.45) is 5.10 Å². The second-order valence-corrected chi connectivity index (χ2v) is 3.19. The van der Waals surface area contributed by atoms with E-state index < -0.39 is 0 Å². The molecule has 0 bridgehead atoms. The second-order valence-electron chi connectivity index (χ2n) is 2.88. The number of nitrogens with zero attached hydrogens (tertiary/aromatic N) is 1. The topological polar surface area (TPSA) is 24.4 Å². The lowest BCUT2D eigenvalue weighted by molar-refractivity contribution is 1.29. The van der Waals surface area contributed by atoms with Gasteiger partial charge in [0, 0.05) is 6.21 Å². The molecule has 1 N–H and O–H groups in total. The zero-order valence-electron chi connectivity index (χ0n) is 7.84. The largest absolute Gasteiger partial charge is 0.279 e. The SMILES string of the molecule is Cc1ccc(NN=CCCl)cc1C. The van der Waals surface area contributed by atoms with Crippen LogP contribution in [0.3, 0.4) is 0 Å². The van der Waals surface area contributed by atoms with Gasteiger partial charge in [0.15, 0.2) is 0 Å². The van der Waals surface area contributed by atoms with Crippen LogP contribution in [-0.4, -0.2) is 12.1 Å². The predicted octanol–water partition coefficient (Wildman–Crippen LogP) is 2.94. The smallest absolute Gasteiger partial charge is 0.0595 e. The molecule has 0 saturated heterocycles. The van der Waals surface area contributed by atoms with Crippen LogP contribution in [0.15, 0.2) is 23.3 Å². The fourth-order valence-corrected chi connectivity index (χ4v) is 1.03. The molecule has 70 valence electrons. The van der Waals surface area contributed by atoms with E-state index in [4.69, 9.17) is 11.6 Å². The number of alkyl halides is 1. The van der Waals surface area contributed by atoms with Crippen molar-refractivity contribution >= 4 is 23.5 Å². The Morgan fingerprint density at radius 1 is 1.38 bits per heavy atom. The van der Waals surface area contributed by atoms with Crippen LogP contribution >= 0.6 is 11.6 Å². The van der Waals surface area contributed by atoms with Gasteiger partial charge in [0.2, 0.25) is 0 Å². The molecule has 1 aromatic carbocycles. The number of aryl methyl sites for hydroxylation is 2. The van der Waals surface area contributed by atoms with E-state index in [9.17, 15) is 0 Å². The first-order valence-corrected chi connectivity index (χ1v) is 4.68. The van der Waals surface area contributed by atoms with Crippen LogP contribution in [0, 0.1) is 13.8 Å². The quantitative estimate of drug-likeness (QED) is 0.449. The lowest BCUT2D eigenvalue weighted by Crippen LogP contribution is -1.91. The molecule has 0 heterocycles. The molecule has 1 rings (SSSR count). The van der Waals surface area contributed by atoms with Crippen LogP contribution in [0.1, 0.15) is 11.1 Å². The van der Waals surface area contributed by atoms with Gasteiger partial charge in [0.1, 0.15) is 0 Å². The van der Waals surface area contributed by atoms with Gasteiger partial charge >= 0.3 is 0 Å². The van der Waals surface area contributed by atoms with Crippen molar-refractivity contribution < 1.29 is 0 Å². The minimum absolute atomic E-state index is 0.428. The maximum atomic E-state index is 5.43. The average Bonchev–Trinajstić information content (AvgIpc) is 2.12. The number of halogens is 1. The van der Waals surface area contributed by atoms with Gasteiger partial charge in [-0.15, -0.1) is 11.6 Å². The van der Waals surface area contributed by atoms with Crippen LogP contribution in [0.4, 0.5) is 5.69 Å². The van der Waals surface area contributed by atoms with Crippen molar-refractivity contribution in [1.82, 2.24) is 0 Å². The number of hydrogen-bond acceptors (Lipinski definition) is 2. The summed E-state index contributed by atoms with van der Waals surface area (Å²) in [6, 6.07) is 6.11. The third-order valence-electron chi connectivity index (χ3n) is 1.86. The summed E-state index contributed by atoms with van der Waals surface area (Å²) < 4.78 is 0. The Hall–Kier alpha value is -1.02. The van der Waals surface area contributed by atoms with Crippen LogP contribution in [0.2, 0.25) is 0 Å². The maximum Gasteiger partial charge on any atom is 0.0595 e. The third kappa shape index (κ3) is 3.07. The van der Waals surface area contributed by atoms with Gasteiger partial charge in [-0.1, -0.05) is 6.07 Å². The van der Waals surface area contributed by atoms with Gasteiger partial charge < -0.3 is 0 Å². The Labute approximate surface area is 83.6 Å². The standard InChI is InChI=1S/C10H13ClN2/c1-8-3-4-10(7-9(8)2)13-12-6-5-11/h3-4,6-7,13H,5H2,1-2H3. The molecule has 0 atom stereocenters. The summed E-state index contributed by atoms with van der Waals surface area (Å²) in [7, 11) is 0. The van der Waals surface area contributed by atoms with Crippen LogP contribution in [-0.2, 0) is 0 Å². The molecule has 0 aliphatic rings. The summed E-state index contributed by atoms with van der Waals surface area (Å²) in [5, 5.41) is 3.92. The van der Waals surface area contributed by atoms with Crippen molar-refractivity contribution in [3.05, 3.63) is 29.3 Å². The molecule has 0 unspecified atom stereocenters. The van der Waals surface area contributed by atoms with E-state index in [1.54, 1.807) is 6.21 Å². The summed E-state index contributed by atoms with van der Waals surface area (Å²) in [6.07, 6.45) is 1.62. The summed E-state index contributed by atoms with van der Waals surface area (Å²) in [6.45, 7) is 4.16. The fraction of sp³-hybridized carbons (Fsp3) is 0.300. The number of rotatable bonds is 3. The highest BCUT2D eigenvalue weighted by Gasteiger charge is 1.93. The highest BCUT2D eigenvalue weighted by Crippen LogP contribution is 2.13. The van der Waals surface area contributed by atoms with Gasteiger partial charge in [-0.3, -0.25) is 5.43 Å². The summed E-state index contributed by atoms with van der Waals surface area (Å²) in [4.78, 5) is 0. The Bertz CT molecular complexity index is 308.